The first-order valence-electron chi connectivity index (χ1n) is 8.81. The van der Waals surface area contributed by atoms with E-state index in [1.54, 1.807) is 7.11 Å². The van der Waals surface area contributed by atoms with Crippen LogP contribution in [0.2, 0.25) is 0 Å². The summed E-state index contributed by atoms with van der Waals surface area (Å²) in [6.07, 6.45) is 3.80. The van der Waals surface area contributed by atoms with Crippen LogP contribution in [0, 0.1) is 0 Å². The number of rotatable bonds is 7. The molecule has 134 valence electrons. The number of nitrogens with one attached hydrogen (secondary N) is 1. The van der Waals surface area contributed by atoms with Gasteiger partial charge in [-0.05, 0) is 62.3 Å². The Kier molecular flexibility index (Phi) is 5.89. The number of hydrogen-bond acceptors (Lipinski definition) is 5. The van der Waals surface area contributed by atoms with Crippen molar-refractivity contribution in [3.8, 4) is 11.5 Å². The fourth-order valence-electron chi connectivity index (χ4n) is 3.21. The normalized spacial score (nSPS) is 16.6. The van der Waals surface area contributed by atoms with Crippen molar-refractivity contribution in [2.75, 3.05) is 40.9 Å². The van der Waals surface area contributed by atoms with Gasteiger partial charge in [0.05, 0.1) is 25.5 Å². The summed E-state index contributed by atoms with van der Waals surface area (Å²) in [5.41, 5.74) is 3.56. The van der Waals surface area contributed by atoms with Crippen molar-refractivity contribution in [2.45, 2.75) is 18.9 Å². The molecule has 3 rings (SSSR count). The Bertz CT molecular complexity index is 689. The molecule has 1 aliphatic rings. The minimum absolute atomic E-state index is 0.0972. The van der Waals surface area contributed by atoms with Gasteiger partial charge >= 0.3 is 0 Å². The number of fused-ring (bicyclic) bond motifs is 1. The second-order valence-corrected chi connectivity index (χ2v) is 6.60. The molecular weight excluding hydrogens is 314 g/mol. The Balaban J connectivity index is 1.85. The summed E-state index contributed by atoms with van der Waals surface area (Å²) >= 11 is 0. The Hall–Kier alpha value is -2.11. The molecule has 0 radical (unpaired) electrons. The van der Waals surface area contributed by atoms with Gasteiger partial charge in [-0.1, -0.05) is 6.07 Å². The van der Waals surface area contributed by atoms with E-state index in [4.69, 9.17) is 9.47 Å². The molecular formula is C20H27N3O2. The van der Waals surface area contributed by atoms with Crippen LogP contribution in [-0.4, -0.2) is 50.8 Å². The fraction of sp³-hybridized carbons (Fsp3) is 0.450. The summed E-state index contributed by atoms with van der Waals surface area (Å²) in [6.45, 7) is 2.61. The van der Waals surface area contributed by atoms with Crippen molar-refractivity contribution in [1.82, 2.24) is 15.2 Å². The number of benzene rings is 1. The molecule has 1 atom stereocenters. The van der Waals surface area contributed by atoms with E-state index in [9.17, 15) is 0 Å². The first kappa shape index (κ1) is 17.7. The highest BCUT2D eigenvalue weighted by molar-refractivity contribution is 5.51. The zero-order chi connectivity index (χ0) is 17.6. The lowest BCUT2D eigenvalue weighted by Crippen LogP contribution is -2.31. The van der Waals surface area contributed by atoms with Gasteiger partial charge in [0.15, 0.2) is 11.5 Å². The summed E-state index contributed by atoms with van der Waals surface area (Å²) in [4.78, 5) is 6.69. The van der Waals surface area contributed by atoms with E-state index >= 15 is 0 Å². The quantitative estimate of drug-likeness (QED) is 0.785. The van der Waals surface area contributed by atoms with E-state index < -0.39 is 0 Å². The van der Waals surface area contributed by atoms with Crippen molar-refractivity contribution < 1.29 is 9.47 Å². The molecule has 2 heterocycles. The van der Waals surface area contributed by atoms with Gasteiger partial charge in [0.25, 0.3) is 0 Å². The summed E-state index contributed by atoms with van der Waals surface area (Å²) in [5.74, 6) is 1.62. The van der Waals surface area contributed by atoms with Crippen LogP contribution in [-0.2, 0) is 6.42 Å². The van der Waals surface area contributed by atoms with Crippen LogP contribution in [0.3, 0.4) is 0 Å². The second kappa shape index (κ2) is 8.32. The number of aromatic nitrogens is 1. The number of methoxy groups -OCH3 is 1. The number of ether oxygens (including phenoxy) is 2. The molecule has 1 unspecified atom stereocenters. The van der Waals surface area contributed by atoms with Gasteiger partial charge in [-0.25, -0.2) is 0 Å². The average molecular weight is 341 g/mol. The summed E-state index contributed by atoms with van der Waals surface area (Å²) in [6, 6.07) is 10.4. The Labute approximate surface area is 150 Å². The van der Waals surface area contributed by atoms with E-state index in [1.165, 1.54) is 11.1 Å². The van der Waals surface area contributed by atoms with Crippen molar-refractivity contribution >= 4 is 0 Å². The zero-order valence-corrected chi connectivity index (χ0v) is 15.3. The molecule has 0 bridgehead atoms. The van der Waals surface area contributed by atoms with E-state index in [0.29, 0.717) is 6.61 Å². The van der Waals surface area contributed by atoms with E-state index in [0.717, 1.165) is 43.1 Å². The van der Waals surface area contributed by atoms with Gasteiger partial charge in [-0.3, -0.25) is 4.98 Å². The summed E-state index contributed by atoms with van der Waals surface area (Å²) in [7, 11) is 5.84. The smallest absolute Gasteiger partial charge is 0.161 e. The largest absolute Gasteiger partial charge is 0.493 e. The fourth-order valence-corrected chi connectivity index (χ4v) is 3.21. The van der Waals surface area contributed by atoms with E-state index in [1.807, 2.05) is 18.3 Å². The molecule has 1 N–H and O–H groups in total. The number of hydrogen-bond donors (Lipinski definition) is 1. The third-order valence-electron chi connectivity index (χ3n) is 4.47. The van der Waals surface area contributed by atoms with Crippen LogP contribution in [0.15, 0.2) is 36.5 Å². The summed E-state index contributed by atoms with van der Waals surface area (Å²) < 4.78 is 11.6. The highest BCUT2D eigenvalue weighted by Crippen LogP contribution is 2.37. The maximum atomic E-state index is 6.03. The van der Waals surface area contributed by atoms with Gasteiger partial charge in [0, 0.05) is 19.3 Å². The molecule has 0 aliphatic carbocycles. The molecule has 0 saturated carbocycles. The van der Waals surface area contributed by atoms with Crippen molar-refractivity contribution in [2.24, 2.45) is 0 Å². The van der Waals surface area contributed by atoms with Crippen molar-refractivity contribution in [1.29, 1.82) is 0 Å². The molecule has 5 heteroatoms. The molecule has 0 spiro atoms. The highest BCUT2D eigenvalue weighted by atomic mass is 16.5. The lowest BCUT2D eigenvalue weighted by atomic mass is 9.91. The first-order chi connectivity index (χ1) is 12.2. The molecule has 1 aromatic carbocycles. The Morgan fingerprint density at radius 1 is 1.24 bits per heavy atom. The molecule has 0 fully saturated rings. The van der Waals surface area contributed by atoms with Gasteiger partial charge in [0.1, 0.15) is 0 Å². The molecule has 5 nitrogen and oxygen atoms in total. The Morgan fingerprint density at radius 2 is 2.12 bits per heavy atom. The molecule has 1 aromatic heterocycles. The first-order valence-corrected chi connectivity index (χ1v) is 8.81. The van der Waals surface area contributed by atoms with Crippen LogP contribution < -0.4 is 14.8 Å². The van der Waals surface area contributed by atoms with Crippen LogP contribution in [0.4, 0.5) is 0 Å². The summed E-state index contributed by atoms with van der Waals surface area (Å²) in [5, 5.41) is 3.57. The minimum Gasteiger partial charge on any atom is -0.493 e. The van der Waals surface area contributed by atoms with Crippen LogP contribution >= 0.6 is 0 Å². The number of nitrogens with zero attached hydrogens (tertiary/aromatic N) is 2. The molecule has 1 aliphatic heterocycles. The molecule has 0 amide bonds. The zero-order valence-electron chi connectivity index (χ0n) is 15.3. The van der Waals surface area contributed by atoms with E-state index in [-0.39, 0.29) is 6.04 Å². The molecule has 0 saturated heterocycles. The van der Waals surface area contributed by atoms with Gasteiger partial charge in [0.2, 0.25) is 0 Å². The molecule has 2 aromatic rings. The third kappa shape index (κ3) is 4.30. The maximum Gasteiger partial charge on any atom is 0.161 e. The highest BCUT2D eigenvalue weighted by Gasteiger charge is 2.24. The minimum atomic E-state index is 0.0972. The standard InChI is InChI=1S/C20H27N3O2/c1-23(2)11-6-12-25-19-14-16-15(13-18(19)24-3)8-10-22-20(16)17-7-4-5-9-21-17/h4-5,7,9,13-14,20,22H,6,8,10-12H2,1-3H3. The lowest BCUT2D eigenvalue weighted by Gasteiger charge is -2.28. The lowest BCUT2D eigenvalue weighted by molar-refractivity contribution is 0.267. The monoisotopic (exact) mass is 341 g/mol. The van der Waals surface area contributed by atoms with Crippen LogP contribution in [0.1, 0.15) is 29.3 Å². The van der Waals surface area contributed by atoms with Gasteiger partial charge < -0.3 is 19.7 Å². The SMILES string of the molecule is COc1cc2c(cc1OCCCN(C)C)C(c1ccccn1)NCC2. The van der Waals surface area contributed by atoms with E-state index in [2.05, 4.69) is 47.5 Å². The Morgan fingerprint density at radius 3 is 2.84 bits per heavy atom. The maximum absolute atomic E-state index is 6.03. The van der Waals surface area contributed by atoms with Crippen molar-refractivity contribution in [3.05, 3.63) is 53.3 Å². The second-order valence-electron chi connectivity index (χ2n) is 6.60. The molecule has 25 heavy (non-hydrogen) atoms. The van der Waals surface area contributed by atoms with Crippen LogP contribution in [0.25, 0.3) is 0 Å². The topological polar surface area (TPSA) is 46.6 Å². The predicted octanol–water partition coefficient (Wildman–Crippen LogP) is 2.66. The average Bonchev–Trinajstić information content (AvgIpc) is 2.64. The van der Waals surface area contributed by atoms with Crippen molar-refractivity contribution in [3.63, 3.8) is 0 Å². The third-order valence-corrected chi connectivity index (χ3v) is 4.47. The van der Waals surface area contributed by atoms with Crippen LogP contribution in [0.5, 0.6) is 11.5 Å². The predicted molar refractivity (Wildman–Crippen MR) is 99.4 cm³/mol. The van der Waals surface area contributed by atoms with Gasteiger partial charge in [-0.15, -0.1) is 0 Å². The number of pyridine rings is 1. The van der Waals surface area contributed by atoms with Gasteiger partial charge in [-0.2, -0.15) is 0 Å².